The number of fused-ring (bicyclic) bond motifs is 1. The van der Waals surface area contributed by atoms with Gasteiger partial charge in [-0.05, 0) is 33.8 Å². The van der Waals surface area contributed by atoms with Crippen LogP contribution in [0.3, 0.4) is 0 Å². The summed E-state index contributed by atoms with van der Waals surface area (Å²) in [5.41, 5.74) is -0.633. The Bertz CT molecular complexity index is 2190. The zero-order chi connectivity index (χ0) is 43.2. The monoisotopic (exact) mass is 808 g/mol. The Hall–Kier alpha value is -4.96. The van der Waals surface area contributed by atoms with Crippen molar-refractivity contribution in [1.29, 1.82) is 0 Å². The van der Waals surface area contributed by atoms with Crippen molar-refractivity contribution in [2.45, 2.75) is 105 Å². The van der Waals surface area contributed by atoms with Crippen LogP contribution in [-0.2, 0) is 23.8 Å². The third kappa shape index (κ3) is 8.05. The van der Waals surface area contributed by atoms with Crippen molar-refractivity contribution in [2.75, 3.05) is 20.4 Å². The van der Waals surface area contributed by atoms with Crippen LogP contribution in [0.1, 0.15) is 78.2 Å². The molecule has 3 aliphatic heterocycles. The number of aromatic hydroxyl groups is 2. The number of aliphatic hydroxyl groups excluding tert-OH is 3. The first-order chi connectivity index (χ1) is 27.1. The lowest BCUT2D eigenvalue weighted by Crippen LogP contribution is -2.46. The molecule has 5 N–H and O–H groups in total. The third-order valence-corrected chi connectivity index (χ3v) is 11.5. The lowest BCUT2D eigenvalue weighted by Gasteiger charge is -2.38. The predicted molar refractivity (Wildman–Crippen MR) is 212 cm³/mol. The van der Waals surface area contributed by atoms with Crippen molar-refractivity contribution in [3.05, 3.63) is 57.8 Å². The molecular formula is C43H56N2O13. The normalized spacial score (nSPS) is 31.6. The third-order valence-electron chi connectivity index (χ3n) is 11.5. The minimum atomic E-state index is -1.99. The molecule has 0 saturated carbocycles. The number of esters is 1. The van der Waals surface area contributed by atoms with Crippen molar-refractivity contribution in [2.24, 2.45) is 28.7 Å². The average Bonchev–Trinajstić information content (AvgIpc) is 3.44. The number of aliphatic hydroxyl groups is 3. The summed E-state index contributed by atoms with van der Waals surface area (Å²) in [6.07, 6.45) is 4.84. The topological polar surface area (TPSA) is 214 Å². The molecule has 2 aromatic carbocycles. The fourth-order valence-corrected chi connectivity index (χ4v) is 7.74. The number of amides is 1. The van der Waals surface area contributed by atoms with Gasteiger partial charge in [-0.15, -0.1) is 0 Å². The minimum absolute atomic E-state index is 0.00542. The number of methoxy groups -OCH3 is 1. The van der Waals surface area contributed by atoms with E-state index in [1.54, 1.807) is 44.9 Å². The molecule has 9 atom stereocenters. The SMILES string of the molecule is CO[C@H]1/C=C/O[C@@]2(C)Oc3c(C)c(O)c4c(O)c(c5c(c4c3C2=O)OCN(C(C)(C)C)C=5)=NC(=O)/C(CO)=C\C=C\[C@H](C)[C@H](O)[C@@H](C)[C@@H](O)[C@@H](C)[C@H](OC(C)=O)[C@@H]1C. The molecular weight excluding hydrogens is 752 g/mol. The maximum absolute atomic E-state index is 14.5. The van der Waals surface area contributed by atoms with E-state index in [0.29, 0.717) is 0 Å². The minimum Gasteiger partial charge on any atom is -0.507 e. The number of ketones is 1. The molecule has 3 aliphatic rings. The van der Waals surface area contributed by atoms with Gasteiger partial charge in [0.05, 0.1) is 47.3 Å². The van der Waals surface area contributed by atoms with Crippen LogP contribution >= 0.6 is 0 Å². The zero-order valence-electron chi connectivity index (χ0n) is 34.9. The molecule has 15 heteroatoms. The van der Waals surface area contributed by atoms with Gasteiger partial charge in [0.2, 0.25) is 0 Å². The van der Waals surface area contributed by atoms with Crippen molar-refractivity contribution in [3.63, 3.8) is 0 Å². The molecule has 0 aliphatic carbocycles. The maximum atomic E-state index is 14.5. The van der Waals surface area contributed by atoms with E-state index >= 15 is 0 Å². The number of phenols is 2. The van der Waals surface area contributed by atoms with Gasteiger partial charge in [0.15, 0.2) is 12.5 Å². The molecule has 3 heterocycles. The second-order valence-corrected chi connectivity index (χ2v) is 16.6. The molecule has 0 saturated heterocycles. The number of ether oxygens (including phenoxy) is 5. The van der Waals surface area contributed by atoms with Crippen LogP contribution in [0.25, 0.3) is 17.0 Å². The summed E-state index contributed by atoms with van der Waals surface area (Å²) in [6.45, 7) is 16.0. The van der Waals surface area contributed by atoms with Crippen LogP contribution in [0, 0.1) is 30.6 Å². The van der Waals surface area contributed by atoms with Crippen LogP contribution in [0.4, 0.5) is 0 Å². The Morgan fingerprint density at radius 2 is 1.67 bits per heavy atom. The lowest BCUT2D eigenvalue weighted by molar-refractivity contribution is -0.160. The Balaban J connectivity index is 1.80. The molecule has 15 nitrogen and oxygen atoms in total. The number of Topliss-reactive ketones (excluding diaryl/α,β-unsaturated/α-hetero) is 1. The van der Waals surface area contributed by atoms with Crippen molar-refractivity contribution < 1.29 is 63.6 Å². The van der Waals surface area contributed by atoms with E-state index in [1.165, 1.54) is 52.4 Å². The second-order valence-electron chi connectivity index (χ2n) is 16.6. The van der Waals surface area contributed by atoms with Crippen LogP contribution in [-0.4, -0.2) is 104 Å². The summed E-state index contributed by atoms with van der Waals surface area (Å²) in [6, 6.07) is 0. The number of nitrogens with zero attached hydrogens (tertiary/aromatic N) is 2. The highest BCUT2D eigenvalue weighted by Crippen LogP contribution is 2.51. The van der Waals surface area contributed by atoms with Gasteiger partial charge < -0.3 is 54.1 Å². The zero-order valence-corrected chi connectivity index (χ0v) is 34.9. The molecule has 4 bridgehead atoms. The summed E-state index contributed by atoms with van der Waals surface area (Å²) in [4.78, 5) is 46.7. The van der Waals surface area contributed by atoms with Crippen LogP contribution in [0.5, 0.6) is 23.0 Å². The summed E-state index contributed by atoms with van der Waals surface area (Å²) in [5.74, 6) is -7.81. The van der Waals surface area contributed by atoms with E-state index in [-0.39, 0.29) is 56.3 Å². The van der Waals surface area contributed by atoms with E-state index < -0.39 is 95.2 Å². The Labute approximate surface area is 337 Å². The number of rotatable bonds is 3. The number of carbonyl (C=O) groups excluding carboxylic acids is 3. The fraction of sp³-hybridized carbons (Fsp3) is 0.535. The van der Waals surface area contributed by atoms with E-state index in [0.717, 1.165) is 0 Å². The number of hydrogen-bond donors (Lipinski definition) is 5. The Morgan fingerprint density at radius 1 is 1.00 bits per heavy atom. The van der Waals surface area contributed by atoms with Gasteiger partial charge in [0, 0.05) is 72.9 Å². The highest BCUT2D eigenvalue weighted by Gasteiger charge is 2.50. The highest BCUT2D eigenvalue weighted by molar-refractivity contribution is 6.20. The molecule has 0 spiro atoms. The molecule has 0 unspecified atom stereocenters. The summed E-state index contributed by atoms with van der Waals surface area (Å²) < 4.78 is 30.0. The molecule has 5 rings (SSSR count). The van der Waals surface area contributed by atoms with Crippen molar-refractivity contribution in [1.82, 2.24) is 4.90 Å². The molecule has 0 radical (unpaired) electrons. The number of benzene rings is 2. The van der Waals surface area contributed by atoms with Gasteiger partial charge >= 0.3 is 11.8 Å². The quantitative estimate of drug-likeness (QED) is 0.281. The molecule has 1 amide bonds. The van der Waals surface area contributed by atoms with E-state index in [4.69, 9.17) is 23.7 Å². The molecule has 0 aromatic heterocycles. The van der Waals surface area contributed by atoms with Gasteiger partial charge in [0.1, 0.15) is 28.7 Å². The van der Waals surface area contributed by atoms with Gasteiger partial charge in [-0.1, -0.05) is 45.9 Å². The number of phenolic OH excluding ortho intramolecular Hbond substituents is 2. The van der Waals surface area contributed by atoms with Gasteiger partial charge in [-0.3, -0.25) is 14.4 Å². The van der Waals surface area contributed by atoms with Crippen molar-refractivity contribution in [3.8, 4) is 23.0 Å². The van der Waals surface area contributed by atoms with Crippen LogP contribution in [0.15, 0.2) is 41.1 Å². The Kier molecular flexibility index (Phi) is 12.7. The van der Waals surface area contributed by atoms with E-state index in [2.05, 4.69) is 4.99 Å². The van der Waals surface area contributed by atoms with E-state index in [1.807, 2.05) is 20.8 Å². The number of hydrogen-bond acceptors (Lipinski definition) is 14. The van der Waals surface area contributed by atoms with Crippen molar-refractivity contribution >= 4 is 34.6 Å². The fourth-order valence-electron chi connectivity index (χ4n) is 7.74. The van der Waals surface area contributed by atoms with Gasteiger partial charge in [0.25, 0.3) is 11.7 Å². The van der Waals surface area contributed by atoms with Gasteiger partial charge in [-0.2, -0.15) is 0 Å². The molecule has 316 valence electrons. The summed E-state index contributed by atoms with van der Waals surface area (Å²) in [7, 11) is 1.44. The first kappa shape index (κ1) is 44.1. The van der Waals surface area contributed by atoms with Crippen LogP contribution in [0.2, 0.25) is 0 Å². The summed E-state index contributed by atoms with van der Waals surface area (Å²) in [5, 5.41) is 56.4. The van der Waals surface area contributed by atoms with Crippen LogP contribution < -0.4 is 20.0 Å². The predicted octanol–water partition coefficient (Wildman–Crippen LogP) is 3.42. The average molecular weight is 809 g/mol. The second kappa shape index (κ2) is 16.7. The molecule has 58 heavy (non-hydrogen) atoms. The molecule has 0 fully saturated rings. The largest absolute Gasteiger partial charge is 0.507 e. The number of carbonyl (C=O) groups is 3. The lowest BCUT2D eigenvalue weighted by atomic mass is 9.78. The highest BCUT2D eigenvalue weighted by atomic mass is 16.7. The standard InChI is InChI=1S/C43H56N2O13/c1-20-13-12-14-26(18-46)41(53)44-32-27-17-45(42(7,8)9)19-55-39(27)29-30(36(32)51)35(50)24(5)38-31(29)40(52)43(10,58-38)56-16-15-28(54-11)21(2)37(57-25(6)47)23(4)34(49)22(3)33(20)48/h12-17,20-23,28,33-34,37,46,48-51H,18-19H2,1-11H3/b13-12+,16-15+,26-14-,44-32?/t20-,21+,22+,23+,28-,33-,34+,37+,43-/m0/s1. The summed E-state index contributed by atoms with van der Waals surface area (Å²) >= 11 is 0. The molecule has 2 aromatic rings. The first-order valence-corrected chi connectivity index (χ1v) is 19.3. The maximum Gasteiger partial charge on any atom is 0.312 e. The van der Waals surface area contributed by atoms with E-state index in [9.17, 15) is 39.9 Å². The smallest absolute Gasteiger partial charge is 0.312 e. The Morgan fingerprint density at radius 3 is 2.28 bits per heavy atom. The van der Waals surface area contributed by atoms with Gasteiger partial charge in [-0.25, -0.2) is 4.99 Å². The number of allylic oxidation sites excluding steroid dienone is 2. The first-order valence-electron chi connectivity index (χ1n) is 19.3.